The summed E-state index contributed by atoms with van der Waals surface area (Å²) >= 11 is 1.78. The van der Waals surface area contributed by atoms with Gasteiger partial charge in [0.1, 0.15) is 4.75 Å². The Balaban J connectivity index is 1.92. The molecule has 0 amide bonds. The first-order chi connectivity index (χ1) is 8.03. The molecule has 3 heteroatoms. The molecule has 2 rings (SSSR count). The number of carbonyl (C=O) groups is 1. The maximum Gasteiger partial charge on any atom is 0.319 e. The molecule has 0 heterocycles. The molecule has 17 heavy (non-hydrogen) atoms. The average Bonchev–Trinajstić information content (AvgIpc) is 2.23. The highest BCUT2D eigenvalue weighted by Crippen LogP contribution is 2.53. The maximum absolute atomic E-state index is 11.5. The van der Waals surface area contributed by atoms with Crippen molar-refractivity contribution in [1.29, 1.82) is 0 Å². The summed E-state index contributed by atoms with van der Waals surface area (Å²) in [6, 6.07) is 0. The Morgan fingerprint density at radius 2 is 1.82 bits per heavy atom. The zero-order valence-corrected chi connectivity index (χ0v) is 11.8. The quantitative estimate of drug-likeness (QED) is 0.827. The molecule has 0 spiro atoms. The maximum atomic E-state index is 11.5. The lowest BCUT2D eigenvalue weighted by Gasteiger charge is -2.47. The van der Waals surface area contributed by atoms with E-state index >= 15 is 0 Å². The summed E-state index contributed by atoms with van der Waals surface area (Å²) < 4.78 is -0.434. The highest BCUT2D eigenvalue weighted by Gasteiger charge is 2.52. The lowest BCUT2D eigenvalue weighted by molar-refractivity contribution is -0.144. The van der Waals surface area contributed by atoms with Crippen molar-refractivity contribution >= 4 is 17.7 Å². The average molecular weight is 256 g/mol. The van der Waals surface area contributed by atoms with Crippen molar-refractivity contribution in [2.75, 3.05) is 0 Å². The summed E-state index contributed by atoms with van der Waals surface area (Å²) in [7, 11) is 0. The number of thioether (sulfide) groups is 1. The van der Waals surface area contributed by atoms with Crippen LogP contribution in [0.2, 0.25) is 0 Å². The first-order valence-corrected chi connectivity index (χ1v) is 7.83. The second kappa shape index (κ2) is 5.21. The Morgan fingerprint density at radius 3 is 2.29 bits per heavy atom. The molecule has 0 saturated heterocycles. The number of hydrogen-bond acceptors (Lipinski definition) is 2. The SMILES string of the molecule is CC(C)C1CC(SC2CCCCC2)(C(=O)O)C1. The minimum absolute atomic E-state index is 0.434. The third-order valence-corrected chi connectivity index (χ3v) is 6.22. The van der Waals surface area contributed by atoms with E-state index in [-0.39, 0.29) is 0 Å². The van der Waals surface area contributed by atoms with Gasteiger partial charge in [-0.2, -0.15) is 0 Å². The lowest BCUT2D eigenvalue weighted by Crippen LogP contribution is -2.50. The molecule has 0 radical (unpaired) electrons. The van der Waals surface area contributed by atoms with Crippen LogP contribution in [-0.2, 0) is 4.79 Å². The van der Waals surface area contributed by atoms with Crippen LogP contribution >= 0.6 is 11.8 Å². The summed E-state index contributed by atoms with van der Waals surface area (Å²) in [5.74, 6) is 0.696. The van der Waals surface area contributed by atoms with Gasteiger partial charge < -0.3 is 5.11 Å². The zero-order chi connectivity index (χ0) is 12.5. The van der Waals surface area contributed by atoms with E-state index < -0.39 is 10.7 Å². The molecule has 2 aliphatic carbocycles. The largest absolute Gasteiger partial charge is 0.480 e. The molecule has 2 aliphatic rings. The topological polar surface area (TPSA) is 37.3 Å². The van der Waals surface area contributed by atoms with Gasteiger partial charge in [0, 0.05) is 5.25 Å². The van der Waals surface area contributed by atoms with Gasteiger partial charge in [0.05, 0.1) is 0 Å². The fraction of sp³-hybridized carbons (Fsp3) is 0.929. The fourth-order valence-corrected chi connectivity index (χ4v) is 5.01. The van der Waals surface area contributed by atoms with Crippen LogP contribution < -0.4 is 0 Å². The second-order valence-electron chi connectivity index (χ2n) is 6.09. The van der Waals surface area contributed by atoms with Crippen LogP contribution in [0.5, 0.6) is 0 Å². The molecule has 2 saturated carbocycles. The summed E-state index contributed by atoms with van der Waals surface area (Å²) in [4.78, 5) is 11.5. The van der Waals surface area contributed by atoms with Gasteiger partial charge in [-0.25, -0.2) is 0 Å². The molecule has 0 aromatic rings. The Morgan fingerprint density at radius 1 is 1.24 bits per heavy atom. The predicted octanol–water partition coefficient (Wildman–Crippen LogP) is 3.94. The fourth-order valence-electron chi connectivity index (χ4n) is 3.08. The molecular formula is C14H24O2S. The number of carboxylic acids is 1. The molecule has 0 aromatic carbocycles. The molecule has 0 aromatic heterocycles. The zero-order valence-electron chi connectivity index (χ0n) is 10.9. The van der Waals surface area contributed by atoms with E-state index in [0.29, 0.717) is 17.1 Å². The van der Waals surface area contributed by atoms with Crippen molar-refractivity contribution in [2.24, 2.45) is 11.8 Å². The Kier molecular flexibility index (Phi) is 4.06. The van der Waals surface area contributed by atoms with Crippen molar-refractivity contribution in [3.05, 3.63) is 0 Å². The van der Waals surface area contributed by atoms with Crippen molar-refractivity contribution in [3.63, 3.8) is 0 Å². The van der Waals surface area contributed by atoms with Crippen molar-refractivity contribution in [1.82, 2.24) is 0 Å². The predicted molar refractivity (Wildman–Crippen MR) is 72.4 cm³/mol. The summed E-state index contributed by atoms with van der Waals surface area (Å²) in [6.45, 7) is 4.42. The standard InChI is InChI=1S/C14H24O2S/c1-10(2)11-8-14(9-11,13(15)16)17-12-6-4-3-5-7-12/h10-12H,3-9H2,1-2H3,(H,15,16). The van der Waals surface area contributed by atoms with E-state index in [1.54, 1.807) is 11.8 Å². The molecule has 0 bridgehead atoms. The Hall–Kier alpha value is -0.180. The van der Waals surface area contributed by atoms with Gasteiger partial charge in [-0.05, 0) is 37.5 Å². The summed E-state index contributed by atoms with van der Waals surface area (Å²) in [5, 5.41) is 10.1. The van der Waals surface area contributed by atoms with Crippen LogP contribution in [0.25, 0.3) is 0 Å². The monoisotopic (exact) mass is 256 g/mol. The Labute approximate surface area is 109 Å². The van der Waals surface area contributed by atoms with Crippen LogP contribution in [0, 0.1) is 11.8 Å². The Bertz CT molecular complexity index is 276. The lowest BCUT2D eigenvalue weighted by atomic mass is 9.69. The van der Waals surface area contributed by atoms with E-state index in [9.17, 15) is 9.90 Å². The number of aliphatic carboxylic acids is 1. The van der Waals surface area contributed by atoms with E-state index in [0.717, 1.165) is 12.8 Å². The number of rotatable bonds is 4. The van der Waals surface area contributed by atoms with E-state index in [1.807, 2.05) is 0 Å². The van der Waals surface area contributed by atoms with Gasteiger partial charge in [0.2, 0.25) is 0 Å². The van der Waals surface area contributed by atoms with Gasteiger partial charge in [-0.15, -0.1) is 11.8 Å². The minimum Gasteiger partial charge on any atom is -0.480 e. The summed E-state index contributed by atoms with van der Waals surface area (Å²) in [5.41, 5.74) is 0. The number of carboxylic acid groups (broad SMARTS) is 1. The van der Waals surface area contributed by atoms with E-state index in [2.05, 4.69) is 13.8 Å². The highest BCUT2D eigenvalue weighted by atomic mass is 32.2. The molecule has 0 atom stereocenters. The highest BCUT2D eigenvalue weighted by molar-refractivity contribution is 8.02. The summed E-state index contributed by atoms with van der Waals surface area (Å²) in [6.07, 6.45) is 8.16. The van der Waals surface area contributed by atoms with Gasteiger partial charge >= 0.3 is 5.97 Å². The van der Waals surface area contributed by atoms with Gasteiger partial charge in [-0.1, -0.05) is 33.1 Å². The van der Waals surface area contributed by atoms with Crippen LogP contribution in [0.15, 0.2) is 0 Å². The van der Waals surface area contributed by atoms with Gasteiger partial charge in [-0.3, -0.25) is 4.79 Å². The normalized spacial score (nSPS) is 34.6. The van der Waals surface area contributed by atoms with Crippen LogP contribution in [0.1, 0.15) is 58.8 Å². The molecule has 0 unspecified atom stereocenters. The third kappa shape index (κ3) is 2.81. The first-order valence-electron chi connectivity index (χ1n) is 6.95. The molecule has 2 fully saturated rings. The molecule has 98 valence electrons. The van der Waals surface area contributed by atoms with Crippen molar-refractivity contribution < 1.29 is 9.90 Å². The second-order valence-corrected chi connectivity index (χ2v) is 7.77. The molecular weight excluding hydrogens is 232 g/mol. The van der Waals surface area contributed by atoms with Gasteiger partial charge in [0.25, 0.3) is 0 Å². The molecule has 2 nitrogen and oxygen atoms in total. The van der Waals surface area contributed by atoms with Crippen LogP contribution in [0.3, 0.4) is 0 Å². The number of hydrogen-bond donors (Lipinski definition) is 1. The minimum atomic E-state index is -0.565. The molecule has 1 N–H and O–H groups in total. The molecule has 0 aliphatic heterocycles. The van der Waals surface area contributed by atoms with Crippen molar-refractivity contribution in [3.8, 4) is 0 Å². The third-order valence-electron chi connectivity index (χ3n) is 4.46. The first kappa shape index (κ1) is 13.3. The van der Waals surface area contributed by atoms with Crippen LogP contribution in [0.4, 0.5) is 0 Å². The van der Waals surface area contributed by atoms with E-state index in [4.69, 9.17) is 0 Å². The van der Waals surface area contributed by atoms with Crippen LogP contribution in [-0.4, -0.2) is 21.1 Å². The smallest absolute Gasteiger partial charge is 0.319 e. The van der Waals surface area contributed by atoms with Gasteiger partial charge in [0.15, 0.2) is 0 Å². The van der Waals surface area contributed by atoms with E-state index in [1.165, 1.54) is 32.1 Å². The van der Waals surface area contributed by atoms with Crippen molar-refractivity contribution in [2.45, 2.75) is 68.8 Å².